The van der Waals surface area contributed by atoms with Crippen LogP contribution in [0.5, 0.6) is 0 Å². The number of hydrogen-bond acceptors (Lipinski definition) is 5. The van der Waals surface area contributed by atoms with Crippen LogP contribution < -0.4 is 16.6 Å². The molecule has 0 fully saturated rings. The van der Waals surface area contributed by atoms with Gasteiger partial charge in [-0.25, -0.2) is 4.98 Å². The van der Waals surface area contributed by atoms with Crippen LogP contribution in [0, 0.1) is 0 Å². The Kier molecular flexibility index (Phi) is 7.72. The zero-order valence-corrected chi connectivity index (χ0v) is 19.8. The molecular formula is C24H20ClN5OS2. The molecule has 33 heavy (non-hydrogen) atoms. The van der Waals surface area contributed by atoms with Crippen LogP contribution in [-0.2, 0) is 5.75 Å². The van der Waals surface area contributed by atoms with Gasteiger partial charge in [-0.1, -0.05) is 53.7 Å². The number of anilines is 1. The number of aliphatic imine (C=N–C) groups is 1. The van der Waals surface area contributed by atoms with E-state index in [0.717, 1.165) is 20.4 Å². The predicted octanol–water partition coefficient (Wildman–Crippen LogP) is 5.93. The second-order valence-electron chi connectivity index (χ2n) is 6.84. The lowest BCUT2D eigenvalue weighted by atomic mass is 10.3. The molecule has 166 valence electrons. The molecule has 0 spiro atoms. The van der Waals surface area contributed by atoms with Gasteiger partial charge >= 0.3 is 0 Å². The van der Waals surface area contributed by atoms with Crippen molar-refractivity contribution in [3.05, 3.63) is 106 Å². The number of aromatic nitrogens is 2. The van der Waals surface area contributed by atoms with Crippen molar-refractivity contribution in [1.29, 1.82) is 0 Å². The Hall–Kier alpha value is -3.20. The highest BCUT2D eigenvalue weighted by Crippen LogP contribution is 2.33. The Morgan fingerprint density at radius 1 is 1.00 bits per heavy atom. The van der Waals surface area contributed by atoms with E-state index in [4.69, 9.17) is 17.3 Å². The van der Waals surface area contributed by atoms with E-state index in [1.54, 1.807) is 23.5 Å². The smallest absolute Gasteiger partial charge is 0.252 e. The fourth-order valence-electron chi connectivity index (χ4n) is 2.86. The summed E-state index contributed by atoms with van der Waals surface area (Å²) in [6.07, 6.45) is 0. The molecule has 0 atom stereocenters. The molecule has 0 amide bonds. The zero-order chi connectivity index (χ0) is 23.0. The standard InChI is InChI=1S/C24H20ClN5OS2/c25-16-10-12-18(13-11-16)32-15-17-14-22(31)29-24(27-17)30-23(26)28-20-8-4-5-9-21(20)33-19-6-2-1-3-7-19/h1-14H,15H2,(H4,26,27,28,29,30,31). The number of aromatic amines is 1. The lowest BCUT2D eigenvalue weighted by Crippen LogP contribution is -2.23. The zero-order valence-electron chi connectivity index (χ0n) is 17.4. The first-order chi connectivity index (χ1) is 16.0. The predicted molar refractivity (Wildman–Crippen MR) is 138 cm³/mol. The van der Waals surface area contributed by atoms with Gasteiger partial charge in [-0.15, -0.1) is 11.8 Å². The molecule has 0 bridgehead atoms. The number of rotatable bonds is 7. The number of benzene rings is 3. The minimum atomic E-state index is -0.289. The summed E-state index contributed by atoms with van der Waals surface area (Å²) in [6.45, 7) is 0. The van der Waals surface area contributed by atoms with E-state index < -0.39 is 0 Å². The quantitative estimate of drug-likeness (QED) is 0.168. The SMILES string of the molecule is NC(=Nc1nc(CSc2ccc(Cl)cc2)cc(=O)[nH]1)Nc1ccccc1Sc1ccccc1. The average molecular weight is 494 g/mol. The van der Waals surface area contributed by atoms with Crippen molar-refractivity contribution in [2.45, 2.75) is 20.4 Å². The molecule has 0 aliphatic heterocycles. The van der Waals surface area contributed by atoms with E-state index in [0.29, 0.717) is 16.5 Å². The highest BCUT2D eigenvalue weighted by molar-refractivity contribution is 7.99. The van der Waals surface area contributed by atoms with Gasteiger partial charge in [0.05, 0.1) is 11.4 Å². The van der Waals surface area contributed by atoms with Gasteiger partial charge in [-0.3, -0.25) is 9.78 Å². The van der Waals surface area contributed by atoms with E-state index in [2.05, 4.69) is 20.3 Å². The molecule has 9 heteroatoms. The Morgan fingerprint density at radius 3 is 2.52 bits per heavy atom. The van der Waals surface area contributed by atoms with Crippen LogP contribution in [0.1, 0.15) is 5.69 Å². The summed E-state index contributed by atoms with van der Waals surface area (Å²) in [6, 6.07) is 26.8. The van der Waals surface area contributed by atoms with Crippen molar-refractivity contribution in [3.63, 3.8) is 0 Å². The monoisotopic (exact) mass is 493 g/mol. The van der Waals surface area contributed by atoms with Crippen LogP contribution in [0.15, 0.2) is 109 Å². The Labute approximate surface area is 204 Å². The van der Waals surface area contributed by atoms with Crippen LogP contribution >= 0.6 is 35.1 Å². The Bertz CT molecular complexity index is 1310. The molecule has 0 radical (unpaired) electrons. The van der Waals surface area contributed by atoms with Gasteiger partial charge in [-0.2, -0.15) is 4.99 Å². The fourth-order valence-corrected chi connectivity index (χ4v) is 4.70. The highest BCUT2D eigenvalue weighted by Gasteiger charge is 2.07. The number of nitrogens with two attached hydrogens (primary N) is 1. The molecule has 0 saturated carbocycles. The van der Waals surface area contributed by atoms with Crippen molar-refractivity contribution in [2.75, 3.05) is 5.32 Å². The summed E-state index contributed by atoms with van der Waals surface area (Å²) < 4.78 is 0. The summed E-state index contributed by atoms with van der Waals surface area (Å²) in [4.78, 5) is 26.6. The Morgan fingerprint density at radius 2 is 1.73 bits per heavy atom. The average Bonchev–Trinajstić information content (AvgIpc) is 2.80. The maximum atomic E-state index is 12.1. The summed E-state index contributed by atoms with van der Waals surface area (Å²) in [5.41, 5.74) is 7.25. The maximum Gasteiger partial charge on any atom is 0.252 e. The van der Waals surface area contributed by atoms with Gasteiger partial charge in [0.25, 0.3) is 5.56 Å². The summed E-state index contributed by atoms with van der Waals surface area (Å²) >= 11 is 9.09. The van der Waals surface area contributed by atoms with Crippen LogP contribution in [0.2, 0.25) is 5.02 Å². The number of guanidine groups is 1. The molecule has 3 aromatic carbocycles. The summed E-state index contributed by atoms with van der Waals surface area (Å²) in [5, 5.41) is 3.79. The van der Waals surface area contributed by atoms with Crippen molar-refractivity contribution in [2.24, 2.45) is 10.7 Å². The molecule has 4 rings (SSSR count). The third-order valence-electron chi connectivity index (χ3n) is 4.33. The van der Waals surface area contributed by atoms with E-state index in [-0.39, 0.29) is 17.5 Å². The lowest BCUT2D eigenvalue weighted by Gasteiger charge is -2.11. The van der Waals surface area contributed by atoms with E-state index >= 15 is 0 Å². The van der Waals surface area contributed by atoms with Crippen molar-refractivity contribution in [3.8, 4) is 0 Å². The maximum absolute atomic E-state index is 12.1. The van der Waals surface area contributed by atoms with Gasteiger partial charge in [-0.05, 0) is 48.5 Å². The van der Waals surface area contributed by atoms with Crippen molar-refractivity contribution < 1.29 is 0 Å². The highest BCUT2D eigenvalue weighted by atomic mass is 35.5. The first-order valence-electron chi connectivity index (χ1n) is 9.97. The molecule has 0 aliphatic carbocycles. The number of para-hydroxylation sites is 1. The number of H-pyrrole nitrogens is 1. The van der Waals surface area contributed by atoms with Crippen LogP contribution in [0.3, 0.4) is 0 Å². The van der Waals surface area contributed by atoms with E-state index in [1.165, 1.54) is 6.07 Å². The fraction of sp³-hybridized carbons (Fsp3) is 0.0417. The second-order valence-corrected chi connectivity index (χ2v) is 9.44. The molecular weight excluding hydrogens is 474 g/mol. The van der Waals surface area contributed by atoms with Gasteiger partial charge < -0.3 is 11.1 Å². The summed E-state index contributed by atoms with van der Waals surface area (Å²) in [5.74, 6) is 0.784. The topological polar surface area (TPSA) is 96.2 Å². The number of nitrogens with one attached hydrogen (secondary N) is 2. The number of thioether (sulfide) groups is 1. The lowest BCUT2D eigenvalue weighted by molar-refractivity contribution is 1.04. The van der Waals surface area contributed by atoms with Gasteiger partial charge in [0.15, 0.2) is 0 Å². The van der Waals surface area contributed by atoms with Crippen molar-refractivity contribution in [1.82, 2.24) is 9.97 Å². The van der Waals surface area contributed by atoms with Crippen molar-refractivity contribution >= 4 is 52.7 Å². The van der Waals surface area contributed by atoms with E-state index in [9.17, 15) is 4.79 Å². The van der Waals surface area contributed by atoms with Crippen LogP contribution in [0.4, 0.5) is 11.6 Å². The number of hydrogen-bond donors (Lipinski definition) is 3. The van der Waals surface area contributed by atoms with Crippen LogP contribution in [0.25, 0.3) is 0 Å². The third kappa shape index (κ3) is 6.89. The molecule has 0 unspecified atom stereocenters. The minimum Gasteiger partial charge on any atom is -0.369 e. The molecule has 6 nitrogen and oxygen atoms in total. The van der Waals surface area contributed by atoms with Gasteiger partial charge in [0, 0.05) is 31.5 Å². The Balaban J connectivity index is 1.48. The number of halogens is 1. The molecule has 0 aliphatic rings. The van der Waals surface area contributed by atoms with Crippen LogP contribution in [-0.4, -0.2) is 15.9 Å². The summed E-state index contributed by atoms with van der Waals surface area (Å²) in [7, 11) is 0. The molecule has 4 N–H and O–H groups in total. The molecule has 1 heterocycles. The van der Waals surface area contributed by atoms with E-state index in [1.807, 2.05) is 78.9 Å². The third-order valence-corrected chi connectivity index (χ3v) is 6.71. The minimum absolute atomic E-state index is 0.127. The largest absolute Gasteiger partial charge is 0.369 e. The first-order valence-corrected chi connectivity index (χ1v) is 12.1. The number of nitrogens with zero attached hydrogens (tertiary/aromatic N) is 2. The normalized spacial score (nSPS) is 11.4. The van der Waals surface area contributed by atoms with Gasteiger partial charge in [0.2, 0.25) is 11.9 Å². The molecule has 0 saturated heterocycles. The molecule has 1 aromatic heterocycles. The molecule has 4 aromatic rings. The van der Waals surface area contributed by atoms with Gasteiger partial charge in [0.1, 0.15) is 0 Å². The second kappa shape index (κ2) is 11.1. The first kappa shape index (κ1) is 23.0.